The highest BCUT2D eigenvalue weighted by Crippen LogP contribution is 2.29. The minimum Gasteiger partial charge on any atom is -0.497 e. The zero-order valence-corrected chi connectivity index (χ0v) is 16.4. The van der Waals surface area contributed by atoms with Crippen LogP contribution in [0.3, 0.4) is 0 Å². The molecule has 8 heteroatoms. The number of ether oxygens (including phenoxy) is 2. The van der Waals surface area contributed by atoms with Crippen molar-refractivity contribution in [3.63, 3.8) is 0 Å². The summed E-state index contributed by atoms with van der Waals surface area (Å²) in [5, 5.41) is 6.52. The van der Waals surface area contributed by atoms with E-state index in [0.29, 0.717) is 28.2 Å². The van der Waals surface area contributed by atoms with E-state index in [9.17, 15) is 4.79 Å². The Hall–Kier alpha value is -3.32. The highest BCUT2D eigenvalue weighted by atomic mass is 35.5. The first-order valence-corrected chi connectivity index (χ1v) is 8.77. The predicted molar refractivity (Wildman–Crippen MR) is 109 cm³/mol. The minimum atomic E-state index is -0.387. The molecule has 0 fully saturated rings. The maximum absolute atomic E-state index is 12.6. The Kier molecular flexibility index (Phi) is 5.96. The molecule has 3 rings (SSSR count). The van der Waals surface area contributed by atoms with E-state index in [0.717, 1.165) is 11.3 Å². The number of nitrogens with zero attached hydrogens (tertiary/aromatic N) is 2. The number of amides is 1. The fourth-order valence-electron chi connectivity index (χ4n) is 2.52. The smallest absolute Gasteiger partial charge is 0.274 e. The quantitative estimate of drug-likeness (QED) is 0.638. The summed E-state index contributed by atoms with van der Waals surface area (Å²) in [6.45, 7) is 1.92. The van der Waals surface area contributed by atoms with Gasteiger partial charge in [-0.05, 0) is 48.9 Å². The van der Waals surface area contributed by atoms with Gasteiger partial charge in [0, 0.05) is 23.0 Å². The van der Waals surface area contributed by atoms with Crippen LogP contribution in [0.1, 0.15) is 16.1 Å². The number of nitrogens with one attached hydrogen (secondary N) is 2. The third kappa shape index (κ3) is 4.50. The first-order valence-electron chi connectivity index (χ1n) is 8.39. The largest absolute Gasteiger partial charge is 0.497 e. The zero-order valence-electron chi connectivity index (χ0n) is 15.6. The number of methoxy groups -OCH3 is 2. The van der Waals surface area contributed by atoms with Crippen molar-refractivity contribution in [3.05, 3.63) is 64.9 Å². The molecular formula is C20H19ClN4O3. The molecule has 144 valence electrons. The Morgan fingerprint density at radius 3 is 2.54 bits per heavy atom. The lowest BCUT2D eigenvalue weighted by Gasteiger charge is -2.12. The Morgan fingerprint density at radius 2 is 1.82 bits per heavy atom. The van der Waals surface area contributed by atoms with E-state index < -0.39 is 0 Å². The summed E-state index contributed by atoms with van der Waals surface area (Å²) in [7, 11) is 3.08. The third-order valence-electron chi connectivity index (χ3n) is 3.98. The topological polar surface area (TPSA) is 85.4 Å². The van der Waals surface area contributed by atoms with E-state index in [1.165, 1.54) is 19.4 Å². The maximum atomic E-state index is 12.6. The van der Waals surface area contributed by atoms with Crippen molar-refractivity contribution < 1.29 is 14.3 Å². The van der Waals surface area contributed by atoms with E-state index in [4.69, 9.17) is 21.1 Å². The minimum absolute atomic E-state index is 0.210. The number of rotatable bonds is 6. The predicted octanol–water partition coefficient (Wildman–Crippen LogP) is 4.45. The van der Waals surface area contributed by atoms with Crippen LogP contribution < -0.4 is 20.1 Å². The zero-order chi connectivity index (χ0) is 20.1. The van der Waals surface area contributed by atoms with Crippen LogP contribution in [0.5, 0.6) is 11.5 Å². The van der Waals surface area contributed by atoms with Crippen LogP contribution in [-0.2, 0) is 0 Å². The van der Waals surface area contributed by atoms with Crippen LogP contribution in [0.2, 0.25) is 5.02 Å². The van der Waals surface area contributed by atoms with Gasteiger partial charge >= 0.3 is 0 Å². The molecular weight excluding hydrogens is 380 g/mol. The van der Waals surface area contributed by atoms with Gasteiger partial charge in [0.1, 0.15) is 17.2 Å². The molecule has 0 saturated heterocycles. The number of aryl methyl sites for hydroxylation is 1. The second-order valence-electron chi connectivity index (χ2n) is 5.87. The molecule has 0 spiro atoms. The highest BCUT2D eigenvalue weighted by molar-refractivity contribution is 6.30. The number of carbonyl (C=O) groups excluding carboxylic acids is 1. The van der Waals surface area contributed by atoms with Crippen LogP contribution in [-0.4, -0.2) is 30.1 Å². The first kappa shape index (κ1) is 19.4. The van der Waals surface area contributed by atoms with E-state index >= 15 is 0 Å². The van der Waals surface area contributed by atoms with Gasteiger partial charge in [-0.3, -0.25) is 4.79 Å². The lowest BCUT2D eigenvalue weighted by Crippen LogP contribution is -2.15. The summed E-state index contributed by atoms with van der Waals surface area (Å²) < 4.78 is 10.5. The highest BCUT2D eigenvalue weighted by Gasteiger charge is 2.13. The van der Waals surface area contributed by atoms with E-state index in [2.05, 4.69) is 20.6 Å². The number of carbonyl (C=O) groups is 1. The molecule has 0 radical (unpaired) electrons. The van der Waals surface area contributed by atoms with Gasteiger partial charge in [0.25, 0.3) is 5.91 Å². The molecule has 1 amide bonds. The van der Waals surface area contributed by atoms with Crippen LogP contribution in [0.15, 0.2) is 48.7 Å². The van der Waals surface area contributed by atoms with Crippen LogP contribution in [0, 0.1) is 6.92 Å². The molecule has 0 aliphatic heterocycles. The lowest BCUT2D eigenvalue weighted by atomic mass is 10.2. The van der Waals surface area contributed by atoms with Crippen molar-refractivity contribution in [2.45, 2.75) is 6.92 Å². The molecule has 28 heavy (non-hydrogen) atoms. The summed E-state index contributed by atoms with van der Waals surface area (Å²) in [4.78, 5) is 21.1. The van der Waals surface area contributed by atoms with Crippen molar-refractivity contribution in [2.24, 2.45) is 0 Å². The van der Waals surface area contributed by atoms with Gasteiger partial charge in [0.15, 0.2) is 0 Å². The Labute approximate surface area is 167 Å². The number of halogens is 1. The molecule has 0 aliphatic carbocycles. The average Bonchev–Trinajstić information content (AvgIpc) is 2.70. The second-order valence-corrected chi connectivity index (χ2v) is 6.31. The Morgan fingerprint density at radius 1 is 1.04 bits per heavy atom. The summed E-state index contributed by atoms with van der Waals surface area (Å²) >= 11 is 5.98. The fraction of sp³-hybridized carbons (Fsp3) is 0.150. The van der Waals surface area contributed by atoms with Gasteiger partial charge < -0.3 is 20.1 Å². The monoisotopic (exact) mass is 398 g/mol. The molecule has 1 heterocycles. The average molecular weight is 399 g/mol. The van der Waals surface area contributed by atoms with Gasteiger partial charge in [0.2, 0.25) is 5.95 Å². The second kappa shape index (κ2) is 8.58. The third-order valence-corrected chi connectivity index (χ3v) is 4.22. The molecule has 1 aromatic heterocycles. The van der Waals surface area contributed by atoms with Crippen LogP contribution in [0.25, 0.3) is 0 Å². The maximum Gasteiger partial charge on any atom is 0.274 e. The molecule has 0 aliphatic rings. The van der Waals surface area contributed by atoms with E-state index in [-0.39, 0.29) is 11.6 Å². The molecule has 0 atom stereocenters. The SMILES string of the molecule is COc1ccc(NC(=O)c2ccnc(Nc3ccc(Cl)cc3C)n2)c(OC)c1. The molecule has 2 N–H and O–H groups in total. The lowest BCUT2D eigenvalue weighted by molar-refractivity contribution is 0.102. The van der Waals surface area contributed by atoms with E-state index in [1.54, 1.807) is 31.4 Å². The molecule has 0 saturated carbocycles. The standard InChI is InChI=1S/C20H19ClN4O3/c1-12-10-13(21)4-6-15(12)24-20-22-9-8-17(25-20)19(26)23-16-7-5-14(27-2)11-18(16)28-3/h4-11H,1-3H3,(H,23,26)(H,22,24,25). The summed E-state index contributed by atoms with van der Waals surface area (Å²) in [5.74, 6) is 1.03. The van der Waals surface area contributed by atoms with Gasteiger partial charge in [-0.1, -0.05) is 11.6 Å². The Balaban J connectivity index is 1.79. The number of aromatic nitrogens is 2. The van der Waals surface area contributed by atoms with Crippen molar-refractivity contribution in [2.75, 3.05) is 24.9 Å². The summed E-state index contributed by atoms with van der Waals surface area (Å²) in [6.07, 6.45) is 1.51. The number of benzene rings is 2. The molecule has 7 nitrogen and oxygen atoms in total. The summed E-state index contributed by atoms with van der Waals surface area (Å²) in [5.41, 5.74) is 2.46. The first-order chi connectivity index (χ1) is 13.5. The Bertz CT molecular complexity index is 1010. The van der Waals surface area contributed by atoms with Crippen molar-refractivity contribution in [3.8, 4) is 11.5 Å². The molecule has 3 aromatic rings. The summed E-state index contributed by atoms with van der Waals surface area (Å²) in [6, 6.07) is 12.1. The van der Waals surface area contributed by atoms with Gasteiger partial charge in [-0.25, -0.2) is 9.97 Å². The van der Waals surface area contributed by atoms with Gasteiger partial charge in [-0.15, -0.1) is 0 Å². The number of anilines is 3. The fourth-order valence-corrected chi connectivity index (χ4v) is 2.75. The van der Waals surface area contributed by atoms with Crippen LogP contribution >= 0.6 is 11.6 Å². The van der Waals surface area contributed by atoms with Gasteiger partial charge in [-0.2, -0.15) is 0 Å². The van der Waals surface area contributed by atoms with Crippen molar-refractivity contribution in [1.29, 1.82) is 0 Å². The molecule has 0 bridgehead atoms. The molecule has 2 aromatic carbocycles. The van der Waals surface area contributed by atoms with Crippen LogP contribution in [0.4, 0.5) is 17.3 Å². The van der Waals surface area contributed by atoms with E-state index in [1.807, 2.05) is 19.1 Å². The number of hydrogen-bond acceptors (Lipinski definition) is 6. The van der Waals surface area contributed by atoms with Crippen molar-refractivity contribution >= 4 is 34.8 Å². The molecule has 0 unspecified atom stereocenters. The number of hydrogen-bond donors (Lipinski definition) is 2. The normalized spacial score (nSPS) is 10.3. The van der Waals surface area contributed by atoms with Crippen molar-refractivity contribution in [1.82, 2.24) is 9.97 Å². The van der Waals surface area contributed by atoms with Gasteiger partial charge in [0.05, 0.1) is 19.9 Å².